The third kappa shape index (κ3) is 4.38. The zero-order valence-corrected chi connectivity index (χ0v) is 10.0. The van der Waals surface area contributed by atoms with Gasteiger partial charge in [0, 0.05) is 18.4 Å². The van der Waals surface area contributed by atoms with Crippen molar-refractivity contribution in [3.05, 3.63) is 0 Å². The Morgan fingerprint density at radius 1 is 1.50 bits per heavy atom. The fourth-order valence-electron chi connectivity index (χ4n) is 1.53. The van der Waals surface area contributed by atoms with Gasteiger partial charge < -0.3 is 10.5 Å². The van der Waals surface area contributed by atoms with Gasteiger partial charge in [-0.3, -0.25) is 0 Å². The van der Waals surface area contributed by atoms with Gasteiger partial charge in [-0.25, -0.2) is 0 Å². The third-order valence-electron chi connectivity index (χ3n) is 2.75. The highest BCUT2D eigenvalue weighted by atomic mass is 32.1. The van der Waals surface area contributed by atoms with E-state index >= 15 is 0 Å². The van der Waals surface area contributed by atoms with E-state index in [0.717, 1.165) is 32.0 Å². The maximum Gasteiger partial charge on any atom is 0.0733 e. The number of hydrogen-bond acceptors (Lipinski definition) is 2. The molecule has 0 aromatic carbocycles. The largest absolute Gasteiger partial charge is 0.393 e. The molecular formula is C11H21NOS. The van der Waals surface area contributed by atoms with Crippen LogP contribution in [0.4, 0.5) is 0 Å². The zero-order valence-electron chi connectivity index (χ0n) is 9.21. The molecule has 0 unspecified atom stereocenters. The summed E-state index contributed by atoms with van der Waals surface area (Å²) in [6, 6.07) is 0. The Bertz CT molecular complexity index is 199. The van der Waals surface area contributed by atoms with E-state index in [0.29, 0.717) is 10.4 Å². The van der Waals surface area contributed by atoms with Gasteiger partial charge in [0.1, 0.15) is 0 Å². The summed E-state index contributed by atoms with van der Waals surface area (Å²) in [6.45, 7) is 6.14. The predicted octanol–water partition coefficient (Wildman–Crippen LogP) is 2.51. The van der Waals surface area contributed by atoms with Crippen LogP contribution in [0.25, 0.3) is 0 Å². The molecule has 0 heterocycles. The zero-order chi connectivity index (χ0) is 10.6. The van der Waals surface area contributed by atoms with Crippen LogP contribution in [0.2, 0.25) is 0 Å². The van der Waals surface area contributed by atoms with Crippen LogP contribution in [0, 0.1) is 11.3 Å². The third-order valence-corrected chi connectivity index (χ3v) is 2.90. The molecule has 0 aliphatic heterocycles. The SMILES string of the molecule is CC(C)CCOCC1(CC(N)=S)CC1. The van der Waals surface area contributed by atoms with Gasteiger partial charge >= 0.3 is 0 Å². The van der Waals surface area contributed by atoms with E-state index in [9.17, 15) is 0 Å². The molecule has 0 amide bonds. The summed E-state index contributed by atoms with van der Waals surface area (Å²) < 4.78 is 5.66. The van der Waals surface area contributed by atoms with Crippen molar-refractivity contribution in [3.8, 4) is 0 Å². The molecule has 14 heavy (non-hydrogen) atoms. The Morgan fingerprint density at radius 3 is 2.57 bits per heavy atom. The van der Waals surface area contributed by atoms with Crippen molar-refractivity contribution >= 4 is 17.2 Å². The van der Waals surface area contributed by atoms with Crippen molar-refractivity contribution in [1.29, 1.82) is 0 Å². The summed E-state index contributed by atoms with van der Waals surface area (Å²) in [5.41, 5.74) is 5.87. The number of hydrogen-bond donors (Lipinski definition) is 1. The van der Waals surface area contributed by atoms with Gasteiger partial charge in [-0.2, -0.15) is 0 Å². The van der Waals surface area contributed by atoms with E-state index in [1.807, 2.05) is 0 Å². The lowest BCUT2D eigenvalue weighted by molar-refractivity contribution is 0.0848. The maximum absolute atomic E-state index is 5.66. The van der Waals surface area contributed by atoms with Gasteiger partial charge in [-0.1, -0.05) is 26.1 Å². The minimum Gasteiger partial charge on any atom is -0.393 e. The fourth-order valence-corrected chi connectivity index (χ4v) is 1.83. The van der Waals surface area contributed by atoms with Crippen molar-refractivity contribution in [1.82, 2.24) is 0 Å². The van der Waals surface area contributed by atoms with E-state index in [4.69, 9.17) is 22.7 Å². The van der Waals surface area contributed by atoms with Crippen molar-refractivity contribution in [2.75, 3.05) is 13.2 Å². The van der Waals surface area contributed by atoms with Crippen LogP contribution in [-0.4, -0.2) is 18.2 Å². The Morgan fingerprint density at radius 2 is 2.14 bits per heavy atom. The van der Waals surface area contributed by atoms with Crippen LogP contribution in [0.15, 0.2) is 0 Å². The van der Waals surface area contributed by atoms with Gasteiger partial charge in [0.25, 0.3) is 0 Å². The highest BCUT2D eigenvalue weighted by molar-refractivity contribution is 7.80. The minimum absolute atomic E-state index is 0.322. The van der Waals surface area contributed by atoms with Crippen molar-refractivity contribution < 1.29 is 4.74 Å². The van der Waals surface area contributed by atoms with E-state index < -0.39 is 0 Å². The van der Waals surface area contributed by atoms with Gasteiger partial charge in [-0.05, 0) is 25.2 Å². The fraction of sp³-hybridized carbons (Fsp3) is 0.909. The molecule has 82 valence electrons. The molecule has 0 atom stereocenters. The molecule has 0 aromatic heterocycles. The molecule has 3 heteroatoms. The molecule has 1 fully saturated rings. The Kier molecular flexibility index (Phi) is 4.32. The first-order valence-corrected chi connectivity index (χ1v) is 5.81. The molecule has 1 aliphatic rings. The maximum atomic E-state index is 5.66. The quantitative estimate of drug-likeness (QED) is 0.523. The lowest BCUT2D eigenvalue weighted by atomic mass is 10.0. The molecule has 2 N–H and O–H groups in total. The van der Waals surface area contributed by atoms with Gasteiger partial charge in [0.2, 0.25) is 0 Å². The second kappa shape index (κ2) is 5.08. The minimum atomic E-state index is 0.322. The topological polar surface area (TPSA) is 35.2 Å². The van der Waals surface area contributed by atoms with Gasteiger partial charge in [0.05, 0.1) is 11.6 Å². The highest BCUT2D eigenvalue weighted by Gasteiger charge is 2.43. The van der Waals surface area contributed by atoms with Crippen LogP contribution in [0.1, 0.15) is 39.5 Å². The van der Waals surface area contributed by atoms with Crippen LogP contribution in [0.5, 0.6) is 0 Å². The number of rotatable bonds is 7. The Balaban J connectivity index is 2.09. The number of nitrogens with two attached hydrogens (primary N) is 1. The second-order valence-electron chi connectivity index (χ2n) is 4.88. The van der Waals surface area contributed by atoms with Crippen molar-refractivity contribution in [3.63, 3.8) is 0 Å². The lowest BCUT2D eigenvalue weighted by Gasteiger charge is -2.14. The molecule has 0 bridgehead atoms. The van der Waals surface area contributed by atoms with Gasteiger partial charge in [0.15, 0.2) is 0 Å². The standard InChI is InChI=1S/C11H21NOS/c1-9(2)3-6-13-8-11(4-5-11)7-10(12)14/h9H,3-8H2,1-2H3,(H2,12,14). The van der Waals surface area contributed by atoms with Crippen molar-refractivity contribution in [2.45, 2.75) is 39.5 Å². The first kappa shape index (κ1) is 11.9. The van der Waals surface area contributed by atoms with E-state index in [-0.39, 0.29) is 0 Å². The average Bonchev–Trinajstić information content (AvgIpc) is 2.78. The average molecular weight is 215 g/mol. The second-order valence-corrected chi connectivity index (χ2v) is 5.40. The van der Waals surface area contributed by atoms with E-state index in [1.165, 1.54) is 12.8 Å². The van der Waals surface area contributed by atoms with Gasteiger partial charge in [-0.15, -0.1) is 0 Å². The summed E-state index contributed by atoms with van der Waals surface area (Å²) in [7, 11) is 0. The van der Waals surface area contributed by atoms with E-state index in [1.54, 1.807) is 0 Å². The lowest BCUT2D eigenvalue weighted by Crippen LogP contribution is -2.20. The number of ether oxygens (including phenoxy) is 1. The molecule has 0 radical (unpaired) electrons. The normalized spacial score (nSPS) is 18.5. The number of thiocarbonyl (C=S) groups is 1. The Hall–Kier alpha value is -0.150. The highest BCUT2D eigenvalue weighted by Crippen LogP contribution is 2.48. The van der Waals surface area contributed by atoms with E-state index in [2.05, 4.69) is 13.8 Å². The summed E-state index contributed by atoms with van der Waals surface area (Å²) >= 11 is 4.93. The summed E-state index contributed by atoms with van der Waals surface area (Å²) in [5.74, 6) is 0.723. The molecule has 1 rings (SSSR count). The molecular weight excluding hydrogens is 194 g/mol. The van der Waals surface area contributed by atoms with Crippen LogP contribution in [0.3, 0.4) is 0 Å². The first-order valence-electron chi connectivity index (χ1n) is 5.40. The molecule has 1 aliphatic carbocycles. The predicted molar refractivity (Wildman–Crippen MR) is 63.3 cm³/mol. The van der Waals surface area contributed by atoms with Crippen LogP contribution >= 0.6 is 12.2 Å². The molecule has 1 saturated carbocycles. The molecule has 0 saturated heterocycles. The summed E-state index contributed by atoms with van der Waals surface area (Å²) in [5, 5.41) is 0. The monoisotopic (exact) mass is 215 g/mol. The van der Waals surface area contributed by atoms with Crippen LogP contribution in [-0.2, 0) is 4.74 Å². The summed E-state index contributed by atoms with van der Waals surface area (Å²) in [6.07, 6.45) is 4.46. The van der Waals surface area contributed by atoms with Crippen molar-refractivity contribution in [2.24, 2.45) is 17.1 Å². The molecule has 2 nitrogen and oxygen atoms in total. The molecule has 0 aromatic rings. The Labute approximate surface area is 92.2 Å². The summed E-state index contributed by atoms with van der Waals surface area (Å²) in [4.78, 5) is 0.634. The van der Waals surface area contributed by atoms with Crippen LogP contribution < -0.4 is 5.73 Å². The first-order chi connectivity index (χ1) is 6.54. The smallest absolute Gasteiger partial charge is 0.0733 e. The molecule has 0 spiro atoms.